The van der Waals surface area contributed by atoms with Crippen LogP contribution in [0.3, 0.4) is 0 Å². The van der Waals surface area contributed by atoms with Gasteiger partial charge >= 0.3 is 6.18 Å². The highest BCUT2D eigenvalue weighted by Gasteiger charge is 2.43. The summed E-state index contributed by atoms with van der Waals surface area (Å²) in [5.41, 5.74) is 4.80. The molecule has 26 heavy (non-hydrogen) atoms. The van der Waals surface area contributed by atoms with Gasteiger partial charge in [-0.2, -0.15) is 13.2 Å². The number of carbonyl (C=O) groups excluding carboxylic acids is 2. The molecule has 146 valence electrons. The number of primary amides is 1. The number of aliphatic hydroxyl groups is 1. The second-order valence-corrected chi connectivity index (χ2v) is 8.36. The monoisotopic (exact) mass is 394 g/mol. The van der Waals surface area contributed by atoms with Gasteiger partial charge in [-0.25, -0.2) is 0 Å². The molecule has 1 aliphatic rings. The van der Waals surface area contributed by atoms with E-state index in [4.69, 9.17) is 15.6 Å². The van der Waals surface area contributed by atoms with Crippen LogP contribution in [0.5, 0.6) is 0 Å². The van der Waals surface area contributed by atoms with E-state index in [9.17, 15) is 22.8 Å². The second kappa shape index (κ2) is 6.50. The standard InChI is InChI=1S/C16H21F3N2O4S/c1-14(2)6-7-10(12(20)24)13(26-11(7)15(3,4)25-14)21-9(23)5-8(22)16(17,18)19/h8,22H,5-6H2,1-4H3,(H2,20,24)(H,21,23). The van der Waals surface area contributed by atoms with Crippen molar-refractivity contribution in [3.63, 3.8) is 0 Å². The van der Waals surface area contributed by atoms with Gasteiger partial charge in [-0.1, -0.05) is 0 Å². The van der Waals surface area contributed by atoms with Gasteiger partial charge in [0, 0.05) is 11.3 Å². The highest BCUT2D eigenvalue weighted by molar-refractivity contribution is 7.17. The Bertz CT molecular complexity index is 741. The van der Waals surface area contributed by atoms with E-state index < -0.39 is 41.7 Å². The van der Waals surface area contributed by atoms with Gasteiger partial charge < -0.3 is 20.9 Å². The van der Waals surface area contributed by atoms with Gasteiger partial charge in [0.05, 0.1) is 23.2 Å². The minimum absolute atomic E-state index is 0.0660. The van der Waals surface area contributed by atoms with Crippen molar-refractivity contribution in [1.29, 1.82) is 0 Å². The Morgan fingerprint density at radius 1 is 1.35 bits per heavy atom. The normalized spacial score (nSPS) is 19.5. The zero-order valence-corrected chi connectivity index (χ0v) is 15.6. The van der Waals surface area contributed by atoms with E-state index in [1.165, 1.54) is 0 Å². The Kier molecular flexibility index (Phi) is 5.17. The number of rotatable bonds is 4. The van der Waals surface area contributed by atoms with Gasteiger partial charge in [0.2, 0.25) is 5.91 Å². The molecule has 0 radical (unpaired) electrons. The van der Waals surface area contributed by atoms with Gasteiger partial charge in [-0.3, -0.25) is 9.59 Å². The Morgan fingerprint density at radius 3 is 2.42 bits per heavy atom. The van der Waals surface area contributed by atoms with Crippen molar-refractivity contribution < 1.29 is 32.6 Å². The molecule has 1 atom stereocenters. The molecule has 4 N–H and O–H groups in total. The van der Waals surface area contributed by atoms with E-state index in [1.807, 2.05) is 13.8 Å². The summed E-state index contributed by atoms with van der Waals surface area (Å²) in [7, 11) is 0. The zero-order chi connectivity index (χ0) is 20.1. The van der Waals surface area contributed by atoms with Crippen LogP contribution >= 0.6 is 11.3 Å². The molecule has 0 saturated heterocycles. The first-order chi connectivity index (χ1) is 11.6. The highest BCUT2D eigenvalue weighted by atomic mass is 32.1. The average Bonchev–Trinajstić information content (AvgIpc) is 2.73. The van der Waals surface area contributed by atoms with Crippen molar-refractivity contribution in [1.82, 2.24) is 0 Å². The van der Waals surface area contributed by atoms with E-state index in [-0.39, 0.29) is 10.6 Å². The number of carbonyl (C=O) groups is 2. The predicted octanol–water partition coefficient (Wildman–Crippen LogP) is 2.69. The molecule has 1 unspecified atom stereocenters. The molecule has 1 aromatic heterocycles. The topological polar surface area (TPSA) is 102 Å². The van der Waals surface area contributed by atoms with Crippen molar-refractivity contribution in [3.8, 4) is 0 Å². The fourth-order valence-corrected chi connectivity index (χ4v) is 4.42. The second-order valence-electron chi connectivity index (χ2n) is 7.34. The lowest BCUT2D eigenvalue weighted by Gasteiger charge is -2.41. The molecule has 1 aliphatic heterocycles. The number of nitrogens with one attached hydrogen (secondary N) is 1. The molecule has 2 amide bonds. The summed E-state index contributed by atoms with van der Waals surface area (Å²) in [4.78, 5) is 24.5. The van der Waals surface area contributed by atoms with Gasteiger partial charge in [-0.15, -0.1) is 11.3 Å². The van der Waals surface area contributed by atoms with Crippen molar-refractivity contribution in [2.75, 3.05) is 5.32 Å². The number of ether oxygens (including phenoxy) is 1. The number of halogens is 3. The summed E-state index contributed by atoms with van der Waals surface area (Å²) in [5, 5.41) is 11.4. The smallest absolute Gasteiger partial charge is 0.383 e. The molecule has 0 spiro atoms. The highest BCUT2D eigenvalue weighted by Crippen LogP contribution is 2.48. The summed E-state index contributed by atoms with van der Waals surface area (Å²) in [6.45, 7) is 7.29. The SMILES string of the molecule is CC1(C)Cc2c(sc(NC(=O)CC(O)C(F)(F)F)c2C(N)=O)C(C)(C)O1. The molecular weight excluding hydrogens is 373 g/mol. The van der Waals surface area contributed by atoms with Crippen LogP contribution in [0, 0.1) is 0 Å². The molecule has 0 bridgehead atoms. The Morgan fingerprint density at radius 2 is 1.92 bits per heavy atom. The predicted molar refractivity (Wildman–Crippen MR) is 90.0 cm³/mol. The first-order valence-electron chi connectivity index (χ1n) is 7.85. The summed E-state index contributed by atoms with van der Waals surface area (Å²) >= 11 is 1.04. The summed E-state index contributed by atoms with van der Waals surface area (Å²) < 4.78 is 43.2. The van der Waals surface area contributed by atoms with Gasteiger partial charge in [0.1, 0.15) is 5.00 Å². The van der Waals surface area contributed by atoms with Crippen LogP contribution < -0.4 is 11.1 Å². The number of hydrogen-bond donors (Lipinski definition) is 3. The Balaban J connectivity index is 2.38. The van der Waals surface area contributed by atoms with Crippen LogP contribution in [0.4, 0.5) is 18.2 Å². The number of aliphatic hydroxyl groups excluding tert-OH is 1. The lowest BCUT2D eigenvalue weighted by molar-refractivity contribution is -0.205. The van der Waals surface area contributed by atoms with E-state index in [2.05, 4.69) is 5.32 Å². The van der Waals surface area contributed by atoms with Gasteiger partial charge in [-0.05, 0) is 33.3 Å². The number of fused-ring (bicyclic) bond motifs is 1. The molecule has 0 aromatic carbocycles. The molecule has 0 aliphatic carbocycles. The maximum absolute atomic E-state index is 12.4. The quantitative estimate of drug-likeness (QED) is 0.731. The minimum Gasteiger partial charge on any atom is -0.383 e. The number of anilines is 1. The van der Waals surface area contributed by atoms with E-state index in [0.29, 0.717) is 16.9 Å². The minimum atomic E-state index is -4.90. The van der Waals surface area contributed by atoms with Crippen LogP contribution in [0.25, 0.3) is 0 Å². The molecule has 0 fully saturated rings. The van der Waals surface area contributed by atoms with Crippen molar-refractivity contribution in [3.05, 3.63) is 16.0 Å². The molecule has 0 saturated carbocycles. The third-order valence-electron chi connectivity index (χ3n) is 3.94. The Labute approximate surface area is 152 Å². The first-order valence-corrected chi connectivity index (χ1v) is 8.66. The fourth-order valence-electron chi connectivity index (χ4n) is 3.14. The average molecular weight is 394 g/mol. The Hall–Kier alpha value is -1.65. The number of alkyl halides is 3. The third-order valence-corrected chi connectivity index (χ3v) is 5.40. The van der Waals surface area contributed by atoms with E-state index in [1.54, 1.807) is 13.8 Å². The van der Waals surface area contributed by atoms with Crippen molar-refractivity contribution in [2.24, 2.45) is 5.73 Å². The summed E-state index contributed by atoms with van der Waals surface area (Å²) in [6.07, 6.45) is -8.50. The number of hydrogen-bond acceptors (Lipinski definition) is 5. The molecule has 2 rings (SSSR count). The lowest BCUT2D eigenvalue weighted by atomic mass is 9.86. The first kappa shape index (κ1) is 20.7. The van der Waals surface area contributed by atoms with Crippen molar-refractivity contribution in [2.45, 2.75) is 64.0 Å². The van der Waals surface area contributed by atoms with E-state index in [0.717, 1.165) is 11.3 Å². The lowest BCUT2D eigenvalue weighted by Crippen LogP contribution is -2.42. The molecule has 1 aromatic rings. The number of amides is 2. The third kappa shape index (κ3) is 4.18. The largest absolute Gasteiger partial charge is 0.414 e. The van der Waals surface area contributed by atoms with Crippen LogP contribution in [0.15, 0.2) is 0 Å². The maximum atomic E-state index is 12.4. The van der Waals surface area contributed by atoms with Crippen LogP contribution in [-0.4, -0.2) is 34.8 Å². The van der Waals surface area contributed by atoms with Crippen LogP contribution in [0.2, 0.25) is 0 Å². The van der Waals surface area contributed by atoms with Crippen LogP contribution in [-0.2, 0) is 21.6 Å². The van der Waals surface area contributed by atoms with Gasteiger partial charge in [0.25, 0.3) is 5.91 Å². The number of thiophene rings is 1. The molecule has 2 heterocycles. The molecule has 6 nitrogen and oxygen atoms in total. The van der Waals surface area contributed by atoms with Gasteiger partial charge in [0.15, 0.2) is 6.10 Å². The van der Waals surface area contributed by atoms with E-state index >= 15 is 0 Å². The maximum Gasteiger partial charge on any atom is 0.414 e. The zero-order valence-electron chi connectivity index (χ0n) is 14.8. The number of nitrogens with two attached hydrogens (primary N) is 1. The summed E-state index contributed by atoms with van der Waals surface area (Å²) in [5.74, 6) is -1.85. The summed E-state index contributed by atoms with van der Waals surface area (Å²) in [6, 6.07) is 0. The fraction of sp³-hybridized carbons (Fsp3) is 0.625. The molecule has 10 heteroatoms. The van der Waals surface area contributed by atoms with Crippen molar-refractivity contribution >= 4 is 28.2 Å². The molecular formula is C16H21F3N2O4S. The van der Waals surface area contributed by atoms with Crippen LogP contribution in [0.1, 0.15) is 54.9 Å².